The molecule has 2 atom stereocenters. The maximum absolute atomic E-state index is 13.8. The molecule has 5 nitrogen and oxygen atoms in total. The van der Waals surface area contributed by atoms with E-state index in [0.717, 1.165) is 4.47 Å². The predicted octanol–water partition coefficient (Wildman–Crippen LogP) is 4.39. The number of benzene rings is 2. The fourth-order valence-electron chi connectivity index (χ4n) is 5.02. The number of rotatable bonds is 3. The number of carbonyl (C=O) groups excluding carboxylic acids is 3. The molecule has 0 unspecified atom stereocenters. The van der Waals surface area contributed by atoms with Gasteiger partial charge in [0.2, 0.25) is 0 Å². The van der Waals surface area contributed by atoms with E-state index in [-0.39, 0.29) is 17.3 Å². The first-order chi connectivity index (χ1) is 14.5. The molecule has 6 heteroatoms. The maximum atomic E-state index is 13.8. The number of likely N-dealkylation sites (tertiary alicyclic amines) is 1. The van der Waals surface area contributed by atoms with Crippen molar-refractivity contribution in [2.45, 2.75) is 11.5 Å². The van der Waals surface area contributed by atoms with Crippen LogP contribution in [0, 0.1) is 5.92 Å². The van der Waals surface area contributed by atoms with Crippen LogP contribution in [-0.2, 0) is 0 Å². The molecule has 30 heavy (non-hydrogen) atoms. The normalized spacial score (nSPS) is 22.6. The number of halogens is 1. The molecular weight excluding hydrogens is 446 g/mol. The number of carbonyl (C=O) groups is 3. The number of nitrogens with zero attached hydrogens (tertiary/aromatic N) is 1. The van der Waals surface area contributed by atoms with Gasteiger partial charge >= 0.3 is 0 Å². The van der Waals surface area contributed by atoms with Crippen molar-refractivity contribution in [1.82, 2.24) is 4.90 Å². The van der Waals surface area contributed by atoms with E-state index in [2.05, 4.69) is 15.9 Å². The van der Waals surface area contributed by atoms with Crippen LogP contribution in [0.3, 0.4) is 0 Å². The second-order valence-electron chi connectivity index (χ2n) is 7.82. The smallest absolute Gasteiger partial charge is 0.192 e. The maximum Gasteiger partial charge on any atom is 0.192 e. The van der Waals surface area contributed by atoms with Gasteiger partial charge in [0.1, 0.15) is 5.76 Å². The summed E-state index contributed by atoms with van der Waals surface area (Å²) >= 11 is 3.39. The lowest BCUT2D eigenvalue weighted by atomic mass is 9.71. The third-order valence-corrected chi connectivity index (χ3v) is 6.88. The topological polar surface area (TPSA) is 67.6 Å². The SMILES string of the molecule is CN1C[C@H](c2ccco2)[C@@H](C(=O)c2ccc(Br)cc2)C12C(=O)c1ccccc1C2=O. The van der Waals surface area contributed by atoms with Gasteiger partial charge in [-0.3, -0.25) is 19.3 Å². The van der Waals surface area contributed by atoms with Crippen LogP contribution in [0.5, 0.6) is 0 Å². The molecule has 0 radical (unpaired) electrons. The van der Waals surface area contributed by atoms with Gasteiger partial charge in [-0.15, -0.1) is 0 Å². The van der Waals surface area contributed by atoms with E-state index >= 15 is 0 Å². The highest BCUT2D eigenvalue weighted by atomic mass is 79.9. The third kappa shape index (κ3) is 2.47. The lowest BCUT2D eigenvalue weighted by Crippen LogP contribution is -2.57. The Morgan fingerprint density at radius 2 is 1.63 bits per heavy atom. The molecule has 0 saturated carbocycles. The van der Waals surface area contributed by atoms with Crippen molar-refractivity contribution in [2.24, 2.45) is 5.92 Å². The van der Waals surface area contributed by atoms with Crippen LogP contribution in [0.4, 0.5) is 0 Å². The van der Waals surface area contributed by atoms with E-state index in [0.29, 0.717) is 29.0 Å². The summed E-state index contributed by atoms with van der Waals surface area (Å²) in [5.41, 5.74) is -0.345. The zero-order chi connectivity index (χ0) is 21.0. The second kappa shape index (κ2) is 6.86. The van der Waals surface area contributed by atoms with Crippen LogP contribution >= 0.6 is 15.9 Å². The van der Waals surface area contributed by atoms with E-state index in [1.54, 1.807) is 78.9 Å². The second-order valence-corrected chi connectivity index (χ2v) is 8.74. The molecule has 5 rings (SSSR count). The summed E-state index contributed by atoms with van der Waals surface area (Å²) < 4.78 is 6.49. The van der Waals surface area contributed by atoms with Crippen LogP contribution in [0.15, 0.2) is 75.8 Å². The molecule has 1 saturated heterocycles. The Balaban J connectivity index is 1.71. The fourth-order valence-corrected chi connectivity index (χ4v) is 5.28. The average Bonchev–Trinajstić information content (AvgIpc) is 3.44. The first kappa shape index (κ1) is 19.2. The number of hydrogen-bond donors (Lipinski definition) is 0. The molecule has 1 aliphatic heterocycles. The molecule has 1 spiro atoms. The van der Waals surface area contributed by atoms with Crippen molar-refractivity contribution >= 4 is 33.3 Å². The van der Waals surface area contributed by atoms with Gasteiger partial charge in [-0.1, -0.05) is 52.3 Å². The van der Waals surface area contributed by atoms with Crippen molar-refractivity contribution < 1.29 is 18.8 Å². The minimum atomic E-state index is -1.56. The van der Waals surface area contributed by atoms with Crippen LogP contribution in [0.1, 0.15) is 42.8 Å². The van der Waals surface area contributed by atoms with Gasteiger partial charge in [-0.2, -0.15) is 0 Å². The zero-order valence-corrected chi connectivity index (χ0v) is 17.8. The molecule has 1 aliphatic carbocycles. The predicted molar refractivity (Wildman–Crippen MR) is 114 cm³/mol. The summed E-state index contributed by atoms with van der Waals surface area (Å²) in [6.07, 6.45) is 1.55. The van der Waals surface area contributed by atoms with Crippen LogP contribution in [-0.4, -0.2) is 41.4 Å². The van der Waals surface area contributed by atoms with Crippen LogP contribution in [0.25, 0.3) is 0 Å². The van der Waals surface area contributed by atoms with Gasteiger partial charge in [0.25, 0.3) is 0 Å². The van der Waals surface area contributed by atoms with E-state index in [1.807, 2.05) is 0 Å². The van der Waals surface area contributed by atoms with Crippen molar-refractivity contribution in [1.29, 1.82) is 0 Å². The minimum Gasteiger partial charge on any atom is -0.469 e. The standard InChI is InChI=1S/C24H18BrNO4/c1-26-13-18(19-7-4-12-30-19)20(21(27)14-8-10-15(25)11-9-14)24(26)22(28)16-5-2-3-6-17(16)23(24)29/h2-12,18,20H,13H2,1H3/t18-,20+/m1/s1. The largest absolute Gasteiger partial charge is 0.469 e. The number of hydrogen-bond acceptors (Lipinski definition) is 5. The molecule has 2 aliphatic rings. The summed E-state index contributed by atoms with van der Waals surface area (Å²) in [6.45, 7) is 0.367. The van der Waals surface area contributed by atoms with Gasteiger partial charge in [0.05, 0.1) is 12.2 Å². The van der Waals surface area contributed by atoms with Crippen molar-refractivity contribution in [3.8, 4) is 0 Å². The number of Topliss-reactive ketones (excluding diaryl/α,β-unsaturated/α-hetero) is 3. The number of likely N-dealkylation sites (N-methyl/N-ethyl adjacent to an activating group) is 1. The number of fused-ring (bicyclic) bond motifs is 1. The zero-order valence-electron chi connectivity index (χ0n) is 16.2. The summed E-state index contributed by atoms with van der Waals surface area (Å²) in [4.78, 5) is 43.0. The van der Waals surface area contributed by atoms with Gasteiger partial charge in [0.15, 0.2) is 22.9 Å². The van der Waals surface area contributed by atoms with Crippen molar-refractivity contribution in [3.05, 3.63) is 93.9 Å². The molecule has 0 amide bonds. The molecule has 1 aromatic heterocycles. The highest BCUT2D eigenvalue weighted by molar-refractivity contribution is 9.10. The van der Waals surface area contributed by atoms with E-state index in [1.165, 1.54) is 0 Å². The van der Waals surface area contributed by atoms with Crippen molar-refractivity contribution in [2.75, 3.05) is 13.6 Å². The summed E-state index contributed by atoms with van der Waals surface area (Å²) in [5, 5.41) is 0. The number of furan rings is 1. The highest BCUT2D eigenvalue weighted by Gasteiger charge is 2.68. The molecule has 3 aromatic rings. The van der Waals surface area contributed by atoms with E-state index < -0.39 is 17.4 Å². The Morgan fingerprint density at radius 3 is 2.20 bits per heavy atom. The molecule has 2 aromatic carbocycles. The third-order valence-electron chi connectivity index (χ3n) is 6.35. The van der Waals surface area contributed by atoms with Crippen LogP contribution in [0.2, 0.25) is 0 Å². The Labute approximate surface area is 181 Å². The van der Waals surface area contributed by atoms with Gasteiger partial charge in [-0.25, -0.2) is 0 Å². The Bertz CT molecular complexity index is 1130. The summed E-state index contributed by atoms with van der Waals surface area (Å²) in [6, 6.07) is 17.4. The molecule has 0 N–H and O–H groups in total. The van der Waals surface area contributed by atoms with E-state index in [4.69, 9.17) is 4.42 Å². The molecular formula is C24H18BrNO4. The quantitative estimate of drug-likeness (QED) is 0.425. The Kier molecular flexibility index (Phi) is 4.38. The molecule has 1 fully saturated rings. The lowest BCUT2D eigenvalue weighted by Gasteiger charge is -2.33. The highest BCUT2D eigenvalue weighted by Crippen LogP contribution is 2.51. The van der Waals surface area contributed by atoms with Crippen molar-refractivity contribution in [3.63, 3.8) is 0 Å². The molecule has 2 heterocycles. The monoisotopic (exact) mass is 463 g/mol. The summed E-state index contributed by atoms with van der Waals surface area (Å²) in [7, 11) is 1.74. The fraction of sp³-hybridized carbons (Fsp3) is 0.208. The first-order valence-corrected chi connectivity index (χ1v) is 10.5. The number of ketones is 3. The average molecular weight is 464 g/mol. The van der Waals surface area contributed by atoms with Gasteiger partial charge in [0, 0.05) is 33.6 Å². The Morgan fingerprint density at radius 1 is 1.00 bits per heavy atom. The molecule has 150 valence electrons. The lowest BCUT2D eigenvalue weighted by molar-refractivity contribution is 0.0514. The molecule has 0 bridgehead atoms. The Hall–Kier alpha value is -2.83. The van der Waals surface area contributed by atoms with E-state index in [9.17, 15) is 14.4 Å². The summed E-state index contributed by atoms with van der Waals surface area (Å²) in [5.74, 6) is -1.55. The van der Waals surface area contributed by atoms with Crippen LogP contribution < -0.4 is 0 Å². The first-order valence-electron chi connectivity index (χ1n) is 9.69. The van der Waals surface area contributed by atoms with Gasteiger partial charge in [-0.05, 0) is 31.3 Å². The minimum absolute atomic E-state index is 0.234. The van der Waals surface area contributed by atoms with Gasteiger partial charge < -0.3 is 4.42 Å².